The molecule has 2 nitrogen and oxygen atoms in total. The lowest BCUT2D eigenvalue weighted by molar-refractivity contribution is -0.193. The van der Waals surface area contributed by atoms with Crippen molar-refractivity contribution in [2.75, 3.05) is 13.7 Å². The summed E-state index contributed by atoms with van der Waals surface area (Å²) in [4.78, 5) is 0. The minimum Gasteiger partial charge on any atom is -0.396 e. The fraction of sp³-hybridized carbons (Fsp3) is 1.00. The number of halogens is 3. The molecule has 0 spiro atoms. The van der Waals surface area contributed by atoms with E-state index >= 15 is 0 Å². The van der Waals surface area contributed by atoms with Gasteiger partial charge in [0.25, 0.3) is 0 Å². The first-order valence-corrected chi connectivity index (χ1v) is 3.24. The van der Waals surface area contributed by atoms with E-state index in [0.717, 1.165) is 6.92 Å². The van der Waals surface area contributed by atoms with E-state index in [0.29, 0.717) is 0 Å². The van der Waals surface area contributed by atoms with Gasteiger partial charge in [-0.25, -0.2) is 0 Å². The zero-order chi connectivity index (χ0) is 9.12. The summed E-state index contributed by atoms with van der Waals surface area (Å²) in [7, 11) is 1.23. The quantitative estimate of drug-likeness (QED) is 0.661. The molecule has 0 radical (unpaired) electrons. The van der Waals surface area contributed by atoms with Gasteiger partial charge in [0, 0.05) is 6.61 Å². The Kier molecular flexibility index (Phi) is 3.31. The van der Waals surface area contributed by atoms with Gasteiger partial charge in [0.05, 0.1) is 0 Å². The van der Waals surface area contributed by atoms with E-state index in [2.05, 4.69) is 5.32 Å². The van der Waals surface area contributed by atoms with Gasteiger partial charge in [0.15, 0.2) is 0 Å². The summed E-state index contributed by atoms with van der Waals surface area (Å²) in [5.41, 5.74) is -1.97. The third-order valence-electron chi connectivity index (χ3n) is 1.79. The van der Waals surface area contributed by atoms with E-state index in [-0.39, 0.29) is 6.42 Å². The molecule has 0 aromatic rings. The summed E-state index contributed by atoms with van der Waals surface area (Å²) >= 11 is 0. The maximum Gasteiger partial charge on any atom is 0.406 e. The van der Waals surface area contributed by atoms with E-state index in [1.54, 1.807) is 0 Å². The van der Waals surface area contributed by atoms with Crippen LogP contribution in [-0.2, 0) is 0 Å². The van der Waals surface area contributed by atoms with Crippen molar-refractivity contribution >= 4 is 0 Å². The number of hydrogen-bond acceptors (Lipinski definition) is 2. The number of aliphatic hydroxyl groups is 1. The lowest BCUT2D eigenvalue weighted by atomic mass is 9.98. The molecule has 0 aliphatic carbocycles. The number of hydrogen-bond donors (Lipinski definition) is 2. The predicted molar refractivity (Wildman–Crippen MR) is 35.2 cm³/mol. The van der Waals surface area contributed by atoms with Crippen LogP contribution in [-0.4, -0.2) is 30.5 Å². The predicted octanol–water partition coefficient (Wildman–Crippen LogP) is 0.909. The largest absolute Gasteiger partial charge is 0.406 e. The van der Waals surface area contributed by atoms with Crippen molar-refractivity contribution < 1.29 is 18.3 Å². The first-order chi connectivity index (χ1) is 4.87. The first kappa shape index (κ1) is 10.7. The highest BCUT2D eigenvalue weighted by Gasteiger charge is 2.49. The van der Waals surface area contributed by atoms with Crippen molar-refractivity contribution in [2.45, 2.75) is 25.1 Å². The molecule has 0 aromatic carbocycles. The fourth-order valence-corrected chi connectivity index (χ4v) is 0.632. The Labute approximate surface area is 63.4 Å². The highest BCUT2D eigenvalue weighted by molar-refractivity contribution is 4.88. The molecule has 0 aliphatic heterocycles. The van der Waals surface area contributed by atoms with Crippen LogP contribution in [0.1, 0.15) is 13.3 Å². The Morgan fingerprint density at radius 3 is 1.91 bits per heavy atom. The fourth-order valence-electron chi connectivity index (χ4n) is 0.632. The van der Waals surface area contributed by atoms with Crippen LogP contribution in [0.25, 0.3) is 0 Å². The van der Waals surface area contributed by atoms with Crippen LogP contribution >= 0.6 is 0 Å². The molecule has 1 atom stereocenters. The molecule has 0 bridgehead atoms. The van der Waals surface area contributed by atoms with Gasteiger partial charge in [-0.05, 0) is 20.4 Å². The molecule has 2 N–H and O–H groups in total. The topological polar surface area (TPSA) is 32.3 Å². The van der Waals surface area contributed by atoms with Crippen LogP contribution in [0.3, 0.4) is 0 Å². The van der Waals surface area contributed by atoms with Crippen molar-refractivity contribution in [2.24, 2.45) is 0 Å². The Morgan fingerprint density at radius 1 is 1.36 bits per heavy atom. The minimum atomic E-state index is -4.31. The van der Waals surface area contributed by atoms with Crippen LogP contribution in [0.15, 0.2) is 0 Å². The molecule has 0 saturated heterocycles. The number of rotatable bonds is 3. The summed E-state index contributed by atoms with van der Waals surface area (Å²) in [6.07, 6.45) is -4.64. The summed E-state index contributed by atoms with van der Waals surface area (Å²) in [6.45, 7) is 0.542. The van der Waals surface area contributed by atoms with Gasteiger partial charge in [0.1, 0.15) is 5.54 Å². The minimum absolute atomic E-state index is 0.326. The maximum absolute atomic E-state index is 12.1. The Hall–Kier alpha value is -0.290. The van der Waals surface area contributed by atoms with Crippen molar-refractivity contribution in [1.82, 2.24) is 5.32 Å². The lowest BCUT2D eigenvalue weighted by Crippen LogP contribution is -2.53. The molecule has 11 heavy (non-hydrogen) atoms. The summed E-state index contributed by atoms with van der Waals surface area (Å²) < 4.78 is 36.4. The Bertz CT molecular complexity index is 125. The van der Waals surface area contributed by atoms with Crippen molar-refractivity contribution in [3.8, 4) is 0 Å². The van der Waals surface area contributed by atoms with Gasteiger partial charge in [-0.15, -0.1) is 0 Å². The van der Waals surface area contributed by atoms with E-state index in [1.807, 2.05) is 0 Å². The zero-order valence-corrected chi connectivity index (χ0v) is 6.50. The first-order valence-electron chi connectivity index (χ1n) is 3.24. The van der Waals surface area contributed by atoms with Crippen molar-refractivity contribution in [3.63, 3.8) is 0 Å². The Balaban J connectivity index is 4.33. The van der Waals surface area contributed by atoms with Gasteiger partial charge in [-0.2, -0.15) is 13.2 Å². The van der Waals surface area contributed by atoms with Gasteiger partial charge in [-0.1, -0.05) is 0 Å². The third-order valence-corrected chi connectivity index (χ3v) is 1.79. The molecule has 0 aliphatic rings. The molecular formula is C6H12F3NO. The third kappa shape index (κ3) is 2.34. The lowest BCUT2D eigenvalue weighted by Gasteiger charge is -2.30. The second kappa shape index (κ2) is 3.40. The van der Waals surface area contributed by atoms with Crippen LogP contribution < -0.4 is 5.32 Å². The van der Waals surface area contributed by atoms with Gasteiger partial charge in [0.2, 0.25) is 0 Å². The molecule has 0 saturated carbocycles. The maximum atomic E-state index is 12.1. The highest BCUT2D eigenvalue weighted by Crippen LogP contribution is 2.31. The van der Waals surface area contributed by atoms with Gasteiger partial charge in [-0.3, -0.25) is 0 Å². The Morgan fingerprint density at radius 2 is 1.82 bits per heavy atom. The standard InChI is InChI=1S/C6H12F3NO/c1-5(10-2,3-4-11)6(7,8)9/h10-11H,3-4H2,1-2H3. The normalized spacial score (nSPS) is 18.0. The molecule has 0 aromatic heterocycles. The van der Waals surface area contributed by atoms with Crippen LogP contribution in [0.4, 0.5) is 13.2 Å². The number of nitrogens with one attached hydrogen (secondary N) is 1. The molecular weight excluding hydrogens is 159 g/mol. The smallest absolute Gasteiger partial charge is 0.396 e. The van der Waals surface area contributed by atoms with Crippen LogP contribution in [0, 0.1) is 0 Å². The van der Waals surface area contributed by atoms with E-state index in [1.165, 1.54) is 7.05 Å². The zero-order valence-electron chi connectivity index (χ0n) is 6.50. The SMILES string of the molecule is CNC(C)(CCO)C(F)(F)F. The second-order valence-electron chi connectivity index (χ2n) is 2.55. The van der Waals surface area contributed by atoms with E-state index in [9.17, 15) is 13.2 Å². The average Bonchev–Trinajstić information content (AvgIpc) is 1.86. The van der Waals surface area contributed by atoms with E-state index < -0.39 is 18.3 Å². The molecule has 0 fully saturated rings. The van der Waals surface area contributed by atoms with E-state index in [4.69, 9.17) is 5.11 Å². The van der Waals surface area contributed by atoms with Crippen LogP contribution in [0.5, 0.6) is 0 Å². The molecule has 5 heteroatoms. The summed E-state index contributed by atoms with van der Waals surface area (Å²) in [5.74, 6) is 0. The highest BCUT2D eigenvalue weighted by atomic mass is 19.4. The molecule has 0 amide bonds. The second-order valence-corrected chi connectivity index (χ2v) is 2.55. The van der Waals surface area contributed by atoms with Crippen molar-refractivity contribution in [1.29, 1.82) is 0 Å². The summed E-state index contributed by atoms with van der Waals surface area (Å²) in [5, 5.41) is 10.5. The number of aliphatic hydroxyl groups excluding tert-OH is 1. The van der Waals surface area contributed by atoms with Crippen molar-refractivity contribution in [3.05, 3.63) is 0 Å². The molecule has 0 heterocycles. The molecule has 0 rings (SSSR count). The monoisotopic (exact) mass is 171 g/mol. The van der Waals surface area contributed by atoms with Crippen LogP contribution in [0.2, 0.25) is 0 Å². The van der Waals surface area contributed by atoms with Gasteiger partial charge < -0.3 is 10.4 Å². The van der Waals surface area contributed by atoms with Gasteiger partial charge >= 0.3 is 6.18 Å². The molecule has 1 unspecified atom stereocenters. The average molecular weight is 171 g/mol. The molecule has 68 valence electrons. The number of alkyl halides is 3. The summed E-state index contributed by atoms with van der Waals surface area (Å²) in [6, 6.07) is 0.